The second-order valence-corrected chi connectivity index (χ2v) is 9.01. The van der Waals surface area contributed by atoms with Gasteiger partial charge in [-0.15, -0.1) is 0 Å². The molecule has 8 heteroatoms. The van der Waals surface area contributed by atoms with Gasteiger partial charge in [-0.2, -0.15) is 8.42 Å². The number of hydrogen-bond acceptors (Lipinski definition) is 6. The Hall–Kier alpha value is -2.49. The van der Waals surface area contributed by atoms with E-state index in [0.29, 0.717) is 12.8 Å². The van der Waals surface area contributed by atoms with Crippen LogP contribution in [0.1, 0.15) is 12.7 Å². The van der Waals surface area contributed by atoms with Gasteiger partial charge in [0.25, 0.3) is 10.1 Å². The van der Waals surface area contributed by atoms with Gasteiger partial charge < -0.3 is 19.9 Å². The number of fused-ring (bicyclic) bond motifs is 5. The number of benzene rings is 3. The zero-order chi connectivity index (χ0) is 21.9. The fourth-order valence-electron chi connectivity index (χ4n) is 3.19. The first-order valence-corrected chi connectivity index (χ1v) is 11.2. The molecule has 3 aromatic carbocycles. The van der Waals surface area contributed by atoms with E-state index < -0.39 is 15.7 Å². The summed E-state index contributed by atoms with van der Waals surface area (Å²) in [6, 6.07) is 18.8. The molecule has 0 spiro atoms. The lowest BCUT2D eigenvalue weighted by atomic mass is 10.0. The van der Waals surface area contributed by atoms with E-state index in [4.69, 9.17) is 8.97 Å². The van der Waals surface area contributed by atoms with Crippen LogP contribution in [-0.4, -0.2) is 48.2 Å². The van der Waals surface area contributed by atoms with E-state index in [9.17, 15) is 18.6 Å². The fraction of sp³-hybridized carbons (Fsp3) is 0.273. The molecule has 1 aromatic heterocycles. The van der Waals surface area contributed by atoms with Crippen LogP contribution in [0.5, 0.6) is 0 Å². The summed E-state index contributed by atoms with van der Waals surface area (Å²) in [5, 5.41) is 27.7. The first-order valence-electron chi connectivity index (χ1n) is 9.36. The zero-order valence-electron chi connectivity index (χ0n) is 16.8. The Morgan fingerprint density at radius 1 is 0.933 bits per heavy atom. The van der Waals surface area contributed by atoms with Gasteiger partial charge in [0.2, 0.25) is 0 Å². The van der Waals surface area contributed by atoms with Crippen LogP contribution in [0.25, 0.3) is 32.5 Å². The van der Waals surface area contributed by atoms with E-state index in [1.54, 1.807) is 6.92 Å². The second-order valence-electron chi connectivity index (χ2n) is 7.54. The van der Waals surface area contributed by atoms with Crippen LogP contribution in [0, 0.1) is 0 Å². The first-order chi connectivity index (χ1) is 14.1. The quantitative estimate of drug-likeness (QED) is 0.283. The molecule has 0 bridgehead atoms. The maximum atomic E-state index is 9.39. The summed E-state index contributed by atoms with van der Waals surface area (Å²) in [5.41, 5.74) is 0.145. The van der Waals surface area contributed by atoms with Gasteiger partial charge in [0.15, 0.2) is 0 Å². The largest absolute Gasteiger partial charge is 0.459 e. The monoisotopic (exact) mass is 431 g/mol. The maximum absolute atomic E-state index is 9.39. The third-order valence-corrected chi connectivity index (χ3v) is 4.84. The lowest BCUT2D eigenvalue weighted by Crippen LogP contribution is -2.48. The molecule has 0 atom stereocenters. The van der Waals surface area contributed by atoms with Crippen molar-refractivity contribution in [3.8, 4) is 0 Å². The minimum Gasteiger partial charge on any atom is -0.459 e. The molecule has 0 saturated carbocycles. The van der Waals surface area contributed by atoms with Crippen molar-refractivity contribution < 1.29 is 27.6 Å². The highest BCUT2D eigenvalue weighted by molar-refractivity contribution is 7.85. The number of aliphatic hydroxyl groups excluding tert-OH is 2. The van der Waals surface area contributed by atoms with Crippen molar-refractivity contribution in [3.63, 3.8) is 0 Å². The van der Waals surface area contributed by atoms with Gasteiger partial charge in [0, 0.05) is 10.8 Å². The Labute approximate surface area is 174 Å². The van der Waals surface area contributed by atoms with E-state index in [1.807, 2.05) is 18.2 Å². The topological polar surface area (TPSA) is 120 Å². The highest BCUT2D eigenvalue weighted by Gasteiger charge is 2.22. The van der Waals surface area contributed by atoms with Crippen molar-refractivity contribution in [1.29, 1.82) is 0 Å². The average Bonchev–Trinajstić information content (AvgIpc) is 3.14. The van der Waals surface area contributed by atoms with Crippen molar-refractivity contribution in [3.05, 3.63) is 60.4 Å². The minimum absolute atomic E-state index is 0.140. The molecule has 0 aliphatic heterocycles. The molecular weight excluding hydrogens is 406 g/mol. The van der Waals surface area contributed by atoms with Gasteiger partial charge in [-0.25, -0.2) is 0 Å². The van der Waals surface area contributed by atoms with Crippen LogP contribution >= 0.6 is 0 Å². The Morgan fingerprint density at radius 2 is 1.53 bits per heavy atom. The molecule has 1 heterocycles. The third-order valence-electron chi connectivity index (χ3n) is 4.84. The Balaban J connectivity index is 0.000000461. The van der Waals surface area contributed by atoms with Crippen LogP contribution in [0.3, 0.4) is 0 Å². The molecule has 4 aromatic rings. The van der Waals surface area contributed by atoms with Gasteiger partial charge >= 0.3 is 0 Å². The van der Waals surface area contributed by atoms with Crippen molar-refractivity contribution in [2.75, 3.05) is 19.5 Å². The van der Waals surface area contributed by atoms with Gasteiger partial charge in [-0.3, -0.25) is 4.55 Å². The van der Waals surface area contributed by atoms with Gasteiger partial charge in [-0.05, 0) is 35.2 Å². The molecule has 0 radical (unpaired) electrons. The number of rotatable bonds is 5. The minimum atomic E-state index is -3.67. The molecule has 0 saturated heterocycles. The molecule has 0 fully saturated rings. The molecule has 4 rings (SSSR count). The van der Waals surface area contributed by atoms with Crippen molar-refractivity contribution in [1.82, 2.24) is 5.32 Å². The summed E-state index contributed by atoms with van der Waals surface area (Å²) in [7, 11) is -3.67. The predicted octanol–water partition coefficient (Wildman–Crippen LogP) is 3.08. The summed E-state index contributed by atoms with van der Waals surface area (Å²) in [4.78, 5) is 0. The molecule has 0 aliphatic carbocycles. The maximum Gasteiger partial charge on any atom is 0.261 e. The molecular formula is C22H25NO6S. The van der Waals surface area contributed by atoms with Crippen LogP contribution in [0.4, 0.5) is 0 Å². The molecule has 7 nitrogen and oxygen atoms in total. The third kappa shape index (κ3) is 5.16. The van der Waals surface area contributed by atoms with Crippen LogP contribution in [-0.2, 0) is 16.7 Å². The summed E-state index contributed by atoms with van der Waals surface area (Å²) < 4.78 is 32.0. The molecule has 0 amide bonds. The molecule has 30 heavy (non-hydrogen) atoms. The first kappa shape index (κ1) is 22.2. The van der Waals surface area contributed by atoms with E-state index in [2.05, 4.69) is 41.7 Å². The predicted molar refractivity (Wildman–Crippen MR) is 118 cm³/mol. The van der Waals surface area contributed by atoms with E-state index in [-0.39, 0.29) is 13.2 Å². The number of hydrogen-bond donors (Lipinski definition) is 4. The number of nitrogens with one attached hydrogen (secondary N) is 1. The zero-order valence-corrected chi connectivity index (χ0v) is 17.6. The smallest absolute Gasteiger partial charge is 0.261 e. The van der Waals surface area contributed by atoms with Gasteiger partial charge in [-0.1, -0.05) is 42.5 Å². The second kappa shape index (κ2) is 8.71. The standard InChI is InChI=1S/C21H21NO3.CH4O3S/c1-21(12-23,13-24)22-11-16-10-15-7-8-18-17-5-3-2-4-14(17)6-9-19(18)20(15)25-16;1-5(2,3)4/h2-10,22-24H,11-13H2,1H3;1H3,(H,2,3,4). The SMILES string of the molecule is CC(CO)(CO)NCc1cc2ccc3c4ccccc4ccc3c2o1.CS(=O)(=O)O. The van der Waals surface area contributed by atoms with Crippen molar-refractivity contribution >= 4 is 42.6 Å². The summed E-state index contributed by atoms with van der Waals surface area (Å²) in [5.74, 6) is 0.781. The lowest BCUT2D eigenvalue weighted by molar-refractivity contribution is 0.101. The normalized spacial score (nSPS) is 12.3. The summed E-state index contributed by atoms with van der Waals surface area (Å²) in [6.07, 6.45) is 0.715. The lowest BCUT2D eigenvalue weighted by Gasteiger charge is -2.25. The van der Waals surface area contributed by atoms with E-state index in [0.717, 1.165) is 22.1 Å². The fourth-order valence-corrected chi connectivity index (χ4v) is 3.19. The van der Waals surface area contributed by atoms with Crippen molar-refractivity contribution in [2.45, 2.75) is 19.0 Å². The Morgan fingerprint density at radius 3 is 2.20 bits per heavy atom. The summed E-state index contributed by atoms with van der Waals surface area (Å²) >= 11 is 0. The molecule has 0 aliphatic rings. The van der Waals surface area contributed by atoms with E-state index in [1.165, 1.54) is 16.2 Å². The Bertz CT molecular complexity index is 1270. The van der Waals surface area contributed by atoms with E-state index >= 15 is 0 Å². The summed E-state index contributed by atoms with van der Waals surface area (Å²) in [6.45, 7) is 1.94. The average molecular weight is 432 g/mol. The molecule has 4 N–H and O–H groups in total. The van der Waals surface area contributed by atoms with Crippen molar-refractivity contribution in [2.24, 2.45) is 0 Å². The highest BCUT2D eigenvalue weighted by atomic mass is 32.2. The highest BCUT2D eigenvalue weighted by Crippen LogP contribution is 2.32. The molecule has 160 valence electrons. The molecule has 0 unspecified atom stereocenters. The van der Waals surface area contributed by atoms with Crippen LogP contribution in [0.2, 0.25) is 0 Å². The van der Waals surface area contributed by atoms with Gasteiger partial charge in [0.1, 0.15) is 11.3 Å². The van der Waals surface area contributed by atoms with Gasteiger partial charge in [0.05, 0.1) is 31.6 Å². The van der Waals surface area contributed by atoms with Crippen LogP contribution in [0.15, 0.2) is 59.0 Å². The number of aliphatic hydroxyl groups is 2. The van der Waals surface area contributed by atoms with Crippen LogP contribution < -0.4 is 5.32 Å². The number of furan rings is 1. The Kier molecular flexibility index (Phi) is 6.44.